The molecular weight excluding hydrogens is 171 g/mol. The number of rotatable bonds is 3. The van der Waals surface area contributed by atoms with Gasteiger partial charge in [-0.3, -0.25) is 4.90 Å². The Bertz CT molecular complexity index is 159. The maximum absolute atomic E-state index is 11.9. The van der Waals surface area contributed by atoms with Crippen LogP contribution in [0.5, 0.6) is 0 Å². The number of alkyl halides is 3. The van der Waals surface area contributed by atoms with E-state index in [0.29, 0.717) is 12.2 Å². The maximum atomic E-state index is 11.9. The Hall–Kier alpha value is -0.870. The van der Waals surface area contributed by atoms with Crippen molar-refractivity contribution in [1.82, 2.24) is 4.90 Å². The van der Waals surface area contributed by atoms with E-state index in [-0.39, 0.29) is 4.90 Å². The van der Waals surface area contributed by atoms with Crippen molar-refractivity contribution in [3.8, 4) is 0 Å². The summed E-state index contributed by atoms with van der Waals surface area (Å²) in [6, 6.07) is 0. The van der Waals surface area contributed by atoms with Gasteiger partial charge in [-0.1, -0.05) is 6.92 Å². The summed E-state index contributed by atoms with van der Waals surface area (Å²) < 4.78 is 40.4. The molecule has 0 saturated carbocycles. The zero-order valence-corrected chi connectivity index (χ0v) is 7.27. The molecule has 0 aliphatic heterocycles. The predicted octanol–water partition coefficient (Wildman–Crippen LogP) is 2.34. The molecule has 0 radical (unpaired) electrons. The van der Waals surface area contributed by atoms with Crippen molar-refractivity contribution in [2.75, 3.05) is 14.2 Å². The van der Waals surface area contributed by atoms with Gasteiger partial charge in [0.25, 0.3) is 0 Å². The van der Waals surface area contributed by atoms with Gasteiger partial charge in [0.05, 0.1) is 7.11 Å². The van der Waals surface area contributed by atoms with E-state index >= 15 is 0 Å². The van der Waals surface area contributed by atoms with Crippen molar-refractivity contribution in [3.63, 3.8) is 0 Å². The van der Waals surface area contributed by atoms with E-state index in [0.717, 1.165) is 13.2 Å². The Morgan fingerprint density at radius 2 is 2.00 bits per heavy atom. The first-order valence-corrected chi connectivity index (χ1v) is 3.46. The number of halogens is 3. The summed E-state index contributed by atoms with van der Waals surface area (Å²) in [5.41, 5.74) is 0. The molecule has 72 valence electrons. The standard InChI is InChI=1S/C7H12F3NO/c1-4-6(12-3)5-11(2)7(8,9)10/h5H,4H2,1-3H3/b6-5+. The molecule has 0 aromatic heterocycles. The fourth-order valence-corrected chi connectivity index (χ4v) is 0.578. The van der Waals surface area contributed by atoms with Crippen LogP contribution in [0.4, 0.5) is 13.2 Å². The van der Waals surface area contributed by atoms with Crippen LogP contribution >= 0.6 is 0 Å². The quantitative estimate of drug-likeness (QED) is 0.492. The van der Waals surface area contributed by atoms with Crippen molar-refractivity contribution >= 4 is 0 Å². The van der Waals surface area contributed by atoms with Gasteiger partial charge in [0.2, 0.25) is 0 Å². The van der Waals surface area contributed by atoms with Gasteiger partial charge in [-0.25, -0.2) is 0 Å². The van der Waals surface area contributed by atoms with Crippen LogP contribution in [0.3, 0.4) is 0 Å². The van der Waals surface area contributed by atoms with Crippen LogP contribution in [-0.4, -0.2) is 25.4 Å². The summed E-state index contributed by atoms with van der Waals surface area (Å²) in [7, 11) is 2.29. The predicted molar refractivity (Wildman–Crippen MR) is 39.2 cm³/mol. The number of hydrogen-bond acceptors (Lipinski definition) is 2. The Balaban J connectivity index is 4.30. The number of hydrogen-bond donors (Lipinski definition) is 0. The van der Waals surface area contributed by atoms with E-state index < -0.39 is 6.30 Å². The summed E-state index contributed by atoms with van der Waals surface area (Å²) in [5.74, 6) is 0.301. The second-order valence-electron chi connectivity index (χ2n) is 2.23. The van der Waals surface area contributed by atoms with Gasteiger partial charge in [0.1, 0.15) is 5.76 Å². The molecule has 0 fully saturated rings. The van der Waals surface area contributed by atoms with Gasteiger partial charge in [0.15, 0.2) is 0 Å². The molecule has 0 N–H and O–H groups in total. The summed E-state index contributed by atoms with van der Waals surface area (Å²) in [6.45, 7) is 1.72. The average Bonchev–Trinajstić information content (AvgIpc) is 1.97. The average molecular weight is 183 g/mol. The van der Waals surface area contributed by atoms with Gasteiger partial charge in [-0.15, -0.1) is 0 Å². The second-order valence-corrected chi connectivity index (χ2v) is 2.23. The summed E-state index contributed by atoms with van der Waals surface area (Å²) in [4.78, 5) is 0.162. The van der Waals surface area contributed by atoms with Crippen LogP contribution in [0, 0.1) is 0 Å². The fourth-order valence-electron chi connectivity index (χ4n) is 0.578. The Morgan fingerprint density at radius 3 is 2.25 bits per heavy atom. The van der Waals surface area contributed by atoms with Crippen molar-refractivity contribution in [1.29, 1.82) is 0 Å². The lowest BCUT2D eigenvalue weighted by Crippen LogP contribution is -2.29. The molecule has 0 aliphatic rings. The van der Waals surface area contributed by atoms with E-state index in [4.69, 9.17) is 0 Å². The zero-order chi connectivity index (χ0) is 9.78. The minimum atomic E-state index is -4.33. The summed E-state index contributed by atoms with van der Waals surface area (Å²) in [6.07, 6.45) is -2.96. The van der Waals surface area contributed by atoms with Crippen LogP contribution in [0.25, 0.3) is 0 Å². The van der Waals surface area contributed by atoms with Crippen LogP contribution in [0.2, 0.25) is 0 Å². The molecule has 0 saturated heterocycles. The zero-order valence-electron chi connectivity index (χ0n) is 7.27. The Labute approximate surface area is 69.6 Å². The lowest BCUT2D eigenvalue weighted by Gasteiger charge is -2.18. The van der Waals surface area contributed by atoms with E-state index in [2.05, 4.69) is 4.74 Å². The van der Waals surface area contributed by atoms with Crippen LogP contribution in [-0.2, 0) is 4.74 Å². The molecule has 0 rings (SSSR count). The fraction of sp³-hybridized carbons (Fsp3) is 0.714. The van der Waals surface area contributed by atoms with E-state index in [9.17, 15) is 13.2 Å². The number of allylic oxidation sites excluding steroid dienone is 1. The van der Waals surface area contributed by atoms with Crippen molar-refractivity contribution < 1.29 is 17.9 Å². The minimum Gasteiger partial charge on any atom is -0.500 e. The maximum Gasteiger partial charge on any atom is 0.484 e. The van der Waals surface area contributed by atoms with E-state index in [1.807, 2.05) is 0 Å². The van der Waals surface area contributed by atoms with Crippen LogP contribution < -0.4 is 0 Å². The van der Waals surface area contributed by atoms with Gasteiger partial charge < -0.3 is 4.74 Å². The van der Waals surface area contributed by atoms with Crippen molar-refractivity contribution in [2.24, 2.45) is 0 Å². The molecule has 0 bridgehead atoms. The topological polar surface area (TPSA) is 12.5 Å². The van der Waals surface area contributed by atoms with E-state index in [1.54, 1.807) is 6.92 Å². The lowest BCUT2D eigenvalue weighted by atomic mass is 10.4. The highest BCUT2D eigenvalue weighted by atomic mass is 19.4. The molecule has 0 heterocycles. The largest absolute Gasteiger partial charge is 0.500 e. The molecule has 0 unspecified atom stereocenters. The van der Waals surface area contributed by atoms with Gasteiger partial charge in [0, 0.05) is 19.7 Å². The van der Waals surface area contributed by atoms with Crippen molar-refractivity contribution in [2.45, 2.75) is 19.6 Å². The monoisotopic (exact) mass is 183 g/mol. The molecule has 12 heavy (non-hydrogen) atoms. The summed E-state index contributed by atoms with van der Waals surface area (Å²) >= 11 is 0. The Morgan fingerprint density at radius 1 is 1.50 bits per heavy atom. The van der Waals surface area contributed by atoms with Gasteiger partial charge in [-0.05, 0) is 0 Å². The normalized spacial score (nSPS) is 13.0. The van der Waals surface area contributed by atoms with E-state index in [1.165, 1.54) is 7.11 Å². The molecule has 0 aromatic rings. The third kappa shape index (κ3) is 3.50. The lowest BCUT2D eigenvalue weighted by molar-refractivity contribution is -0.219. The van der Waals surface area contributed by atoms with Crippen LogP contribution in [0.15, 0.2) is 12.0 Å². The van der Waals surface area contributed by atoms with Crippen molar-refractivity contribution in [3.05, 3.63) is 12.0 Å². The molecule has 0 spiro atoms. The third-order valence-electron chi connectivity index (χ3n) is 1.35. The highest BCUT2D eigenvalue weighted by molar-refractivity contribution is 4.91. The third-order valence-corrected chi connectivity index (χ3v) is 1.35. The number of nitrogens with zero attached hydrogens (tertiary/aromatic N) is 1. The number of methoxy groups -OCH3 is 1. The SMILES string of the molecule is CC/C(=C\N(C)C(F)(F)F)OC. The summed E-state index contributed by atoms with van der Waals surface area (Å²) in [5, 5.41) is 0. The highest BCUT2D eigenvalue weighted by Crippen LogP contribution is 2.20. The molecule has 0 aliphatic carbocycles. The van der Waals surface area contributed by atoms with Crippen LogP contribution in [0.1, 0.15) is 13.3 Å². The van der Waals surface area contributed by atoms with Gasteiger partial charge >= 0.3 is 6.30 Å². The molecule has 2 nitrogen and oxygen atoms in total. The molecule has 0 atom stereocenters. The second kappa shape index (κ2) is 4.23. The first-order chi connectivity index (χ1) is 5.41. The molecule has 0 aromatic carbocycles. The van der Waals surface area contributed by atoms with Gasteiger partial charge in [-0.2, -0.15) is 13.2 Å². The number of ether oxygens (including phenoxy) is 1. The first kappa shape index (κ1) is 11.1. The highest BCUT2D eigenvalue weighted by Gasteiger charge is 2.32. The smallest absolute Gasteiger partial charge is 0.484 e. The Kier molecular flexibility index (Phi) is 3.92. The molecular formula is C7H12F3NO. The molecule has 5 heteroatoms. The minimum absolute atomic E-state index is 0.162. The first-order valence-electron chi connectivity index (χ1n) is 3.46. The molecule has 0 amide bonds.